The van der Waals surface area contributed by atoms with Gasteiger partial charge in [-0.3, -0.25) is 9.59 Å². The number of hydrogen-bond acceptors (Lipinski definition) is 5. The molecule has 0 aliphatic heterocycles. The normalized spacial score (nSPS) is 12.0. The minimum Gasteiger partial charge on any atom is -0.481 e. The lowest BCUT2D eigenvalue weighted by Gasteiger charge is -2.18. The Balaban J connectivity index is 3.81. The number of carboxylic acids is 1. The molecule has 44 heavy (non-hydrogen) atoms. The van der Waals surface area contributed by atoms with Crippen molar-refractivity contribution < 1.29 is 28.9 Å². The first kappa shape index (κ1) is 42.9. The number of carbonyl (C=O) groups is 2. The van der Waals surface area contributed by atoms with Crippen molar-refractivity contribution >= 4 is 11.9 Å². The molecular weight excluding hydrogens is 552 g/mol. The predicted octanol–water partition coefficient (Wildman–Crippen LogP) is 11.7. The van der Waals surface area contributed by atoms with Crippen molar-refractivity contribution in [2.75, 3.05) is 19.8 Å². The fourth-order valence-corrected chi connectivity index (χ4v) is 5.62. The van der Waals surface area contributed by atoms with Gasteiger partial charge in [0, 0.05) is 6.61 Å². The molecule has 0 rings (SSSR count). The average Bonchev–Trinajstić information content (AvgIpc) is 3.01. The van der Waals surface area contributed by atoms with Crippen LogP contribution in [0.15, 0.2) is 0 Å². The van der Waals surface area contributed by atoms with Gasteiger partial charge in [-0.25, -0.2) is 0 Å². The fourth-order valence-electron chi connectivity index (χ4n) is 5.62. The van der Waals surface area contributed by atoms with E-state index in [1.54, 1.807) is 0 Å². The van der Waals surface area contributed by atoms with Gasteiger partial charge in [-0.2, -0.15) is 0 Å². The van der Waals surface area contributed by atoms with Gasteiger partial charge in [0.1, 0.15) is 6.61 Å². The zero-order valence-electron chi connectivity index (χ0n) is 29.4. The maximum absolute atomic E-state index is 12.1. The van der Waals surface area contributed by atoms with Crippen molar-refractivity contribution in [2.45, 2.75) is 213 Å². The van der Waals surface area contributed by atoms with Gasteiger partial charge in [0.2, 0.25) is 6.29 Å². The summed E-state index contributed by atoms with van der Waals surface area (Å²) in [5.41, 5.74) is 0. The van der Waals surface area contributed by atoms with Crippen LogP contribution < -0.4 is 0 Å². The molecule has 0 aromatic heterocycles. The number of carboxylic acid groups (broad SMARTS) is 1. The molecule has 0 saturated heterocycles. The van der Waals surface area contributed by atoms with E-state index in [4.69, 9.17) is 19.3 Å². The van der Waals surface area contributed by atoms with E-state index < -0.39 is 18.2 Å². The third-order valence-corrected chi connectivity index (χ3v) is 8.50. The Morgan fingerprint density at radius 2 is 0.818 bits per heavy atom. The predicted molar refractivity (Wildman–Crippen MR) is 184 cm³/mol. The lowest BCUT2D eigenvalue weighted by Crippen LogP contribution is -2.27. The first-order chi connectivity index (χ1) is 21.6. The van der Waals surface area contributed by atoms with Crippen molar-refractivity contribution in [1.29, 1.82) is 0 Å². The van der Waals surface area contributed by atoms with Gasteiger partial charge in [0.25, 0.3) is 0 Å². The molecule has 1 atom stereocenters. The molecule has 1 N–H and O–H groups in total. The topological polar surface area (TPSA) is 82.1 Å². The Bertz CT molecular complexity index is 596. The molecule has 6 heteroatoms. The molecule has 0 heterocycles. The van der Waals surface area contributed by atoms with Crippen molar-refractivity contribution in [3.8, 4) is 0 Å². The Kier molecular flexibility index (Phi) is 35.4. The molecular formula is C38H74O6. The summed E-state index contributed by atoms with van der Waals surface area (Å²) in [6.07, 6.45) is 35.6. The highest BCUT2D eigenvalue weighted by atomic mass is 16.7. The zero-order valence-corrected chi connectivity index (χ0v) is 29.4. The number of aliphatic carboxylic acids is 1. The van der Waals surface area contributed by atoms with Crippen molar-refractivity contribution in [3.63, 3.8) is 0 Å². The standard InChI is InChI=1S/C38H74O6/c1-3-5-7-9-11-13-15-17-19-21-23-25-27-29-33-42-35-38(44-37(41)32-31-36(39)40)43-34-30-28-26-24-22-20-18-16-14-12-10-8-6-4-2/h38H,3-35H2,1-2H3,(H,39,40)/t38-/m1/s1. The largest absolute Gasteiger partial charge is 0.481 e. The van der Waals surface area contributed by atoms with Crippen LogP contribution >= 0.6 is 0 Å². The summed E-state index contributed by atoms with van der Waals surface area (Å²) in [6.45, 7) is 5.90. The number of esters is 1. The van der Waals surface area contributed by atoms with Crippen LogP contribution in [0.4, 0.5) is 0 Å². The second-order valence-corrected chi connectivity index (χ2v) is 13.0. The molecule has 0 fully saturated rings. The molecule has 0 amide bonds. The number of unbranched alkanes of at least 4 members (excludes halogenated alkanes) is 26. The molecule has 6 nitrogen and oxygen atoms in total. The highest BCUT2D eigenvalue weighted by Crippen LogP contribution is 2.15. The molecule has 0 aromatic carbocycles. The summed E-state index contributed by atoms with van der Waals surface area (Å²) in [6, 6.07) is 0. The monoisotopic (exact) mass is 627 g/mol. The van der Waals surface area contributed by atoms with E-state index in [0.29, 0.717) is 13.2 Å². The third kappa shape index (κ3) is 35.3. The minimum atomic E-state index is -1.00. The van der Waals surface area contributed by atoms with Crippen LogP contribution in [0, 0.1) is 0 Å². The lowest BCUT2D eigenvalue weighted by molar-refractivity contribution is -0.192. The molecule has 0 unspecified atom stereocenters. The zero-order chi connectivity index (χ0) is 32.2. The maximum atomic E-state index is 12.1. The highest BCUT2D eigenvalue weighted by molar-refractivity contribution is 5.76. The van der Waals surface area contributed by atoms with E-state index in [0.717, 1.165) is 25.7 Å². The Labute approximate surface area is 273 Å². The minimum absolute atomic E-state index is 0.146. The summed E-state index contributed by atoms with van der Waals surface area (Å²) < 4.78 is 17.0. The van der Waals surface area contributed by atoms with Crippen LogP contribution in [0.1, 0.15) is 206 Å². The molecule has 0 spiro atoms. The van der Waals surface area contributed by atoms with Crippen LogP contribution in [0.25, 0.3) is 0 Å². The Morgan fingerprint density at radius 3 is 1.18 bits per heavy atom. The number of rotatable bonds is 37. The van der Waals surface area contributed by atoms with Crippen LogP contribution in [0.3, 0.4) is 0 Å². The summed E-state index contributed by atoms with van der Waals surface area (Å²) in [5.74, 6) is -1.55. The van der Waals surface area contributed by atoms with E-state index >= 15 is 0 Å². The van der Waals surface area contributed by atoms with Gasteiger partial charge in [-0.05, 0) is 12.8 Å². The van der Waals surface area contributed by atoms with Crippen molar-refractivity contribution in [1.82, 2.24) is 0 Å². The van der Waals surface area contributed by atoms with Crippen LogP contribution in [-0.2, 0) is 23.8 Å². The lowest BCUT2D eigenvalue weighted by atomic mass is 10.0. The molecule has 0 aromatic rings. The number of hydrogen-bond donors (Lipinski definition) is 1. The fraction of sp³-hybridized carbons (Fsp3) is 0.947. The van der Waals surface area contributed by atoms with Gasteiger partial charge in [-0.15, -0.1) is 0 Å². The third-order valence-electron chi connectivity index (χ3n) is 8.50. The van der Waals surface area contributed by atoms with E-state index in [1.807, 2.05) is 0 Å². The molecule has 262 valence electrons. The average molecular weight is 627 g/mol. The first-order valence-corrected chi connectivity index (χ1v) is 19.2. The first-order valence-electron chi connectivity index (χ1n) is 19.2. The van der Waals surface area contributed by atoms with Crippen molar-refractivity contribution in [2.24, 2.45) is 0 Å². The second-order valence-electron chi connectivity index (χ2n) is 13.0. The second kappa shape index (κ2) is 36.3. The summed E-state index contributed by atoms with van der Waals surface area (Å²) >= 11 is 0. The van der Waals surface area contributed by atoms with Gasteiger partial charge in [0.05, 0.1) is 19.4 Å². The molecule has 0 bridgehead atoms. The summed E-state index contributed by atoms with van der Waals surface area (Å²) in [5, 5.41) is 8.84. The van der Waals surface area contributed by atoms with E-state index in [9.17, 15) is 9.59 Å². The SMILES string of the molecule is CCCCCCCCCCCCCCCCOC[C@H](OCCCCCCCCCCCCCCCC)OC(=O)CCC(=O)O. The summed E-state index contributed by atoms with van der Waals surface area (Å²) in [4.78, 5) is 22.9. The highest BCUT2D eigenvalue weighted by Gasteiger charge is 2.16. The van der Waals surface area contributed by atoms with E-state index in [-0.39, 0.29) is 19.4 Å². The Morgan fingerprint density at radius 1 is 0.477 bits per heavy atom. The summed E-state index contributed by atoms with van der Waals surface area (Å²) in [7, 11) is 0. The van der Waals surface area contributed by atoms with Gasteiger partial charge in [0.15, 0.2) is 0 Å². The maximum Gasteiger partial charge on any atom is 0.308 e. The van der Waals surface area contributed by atoms with Gasteiger partial charge < -0.3 is 19.3 Å². The molecule has 0 aliphatic carbocycles. The number of ether oxygens (including phenoxy) is 3. The van der Waals surface area contributed by atoms with Gasteiger partial charge in [-0.1, -0.05) is 181 Å². The van der Waals surface area contributed by atoms with Crippen LogP contribution in [-0.4, -0.2) is 43.2 Å². The van der Waals surface area contributed by atoms with Gasteiger partial charge >= 0.3 is 11.9 Å². The van der Waals surface area contributed by atoms with E-state index in [2.05, 4.69) is 13.8 Å². The van der Waals surface area contributed by atoms with Crippen LogP contribution in [0.5, 0.6) is 0 Å². The molecule has 0 radical (unpaired) electrons. The quantitative estimate of drug-likeness (QED) is 0.0420. The Hall–Kier alpha value is -1.14. The van der Waals surface area contributed by atoms with Crippen molar-refractivity contribution in [3.05, 3.63) is 0 Å². The number of carbonyl (C=O) groups excluding carboxylic acids is 1. The van der Waals surface area contributed by atoms with E-state index in [1.165, 1.54) is 154 Å². The molecule has 0 aliphatic rings. The van der Waals surface area contributed by atoms with Crippen LogP contribution in [0.2, 0.25) is 0 Å². The molecule has 0 saturated carbocycles. The smallest absolute Gasteiger partial charge is 0.308 e.